The first kappa shape index (κ1) is 15.9. The molecule has 0 radical (unpaired) electrons. The van der Waals surface area contributed by atoms with Gasteiger partial charge in [0.1, 0.15) is 0 Å². The SMILES string of the molecule is N.NCCCN.[Cl][Pt+]. The van der Waals surface area contributed by atoms with Crippen LogP contribution in [0.1, 0.15) is 6.42 Å². The first-order valence-corrected chi connectivity index (χ1v) is 4.75. The molecule has 3 nitrogen and oxygen atoms in total. The van der Waals surface area contributed by atoms with E-state index in [9.17, 15) is 0 Å². The van der Waals surface area contributed by atoms with Gasteiger partial charge in [-0.05, 0) is 19.5 Å². The zero-order chi connectivity index (χ0) is 6.12. The van der Waals surface area contributed by atoms with Crippen molar-refractivity contribution in [1.82, 2.24) is 6.15 Å². The molecule has 0 bridgehead atoms. The van der Waals surface area contributed by atoms with E-state index in [2.05, 4.69) is 9.42 Å². The molecule has 0 rings (SSSR count). The quantitative estimate of drug-likeness (QED) is 0.676. The van der Waals surface area contributed by atoms with Crippen molar-refractivity contribution in [3.63, 3.8) is 0 Å². The number of rotatable bonds is 2. The third-order valence-corrected chi connectivity index (χ3v) is 0.408. The molecule has 0 amide bonds. The summed E-state index contributed by atoms with van der Waals surface area (Å²) in [6.45, 7) is 1.44. The molecule has 0 aromatic carbocycles. The second-order valence-electron chi connectivity index (χ2n) is 0.931. The summed E-state index contributed by atoms with van der Waals surface area (Å²) in [4.78, 5) is 0. The monoisotopic (exact) mass is 321 g/mol. The average molecular weight is 322 g/mol. The van der Waals surface area contributed by atoms with Crippen LogP contribution in [0, 0.1) is 0 Å². The van der Waals surface area contributed by atoms with Gasteiger partial charge in [-0.25, -0.2) is 0 Å². The number of halogens is 1. The second kappa shape index (κ2) is 24.8. The molecular weight excluding hydrogens is 309 g/mol. The van der Waals surface area contributed by atoms with Gasteiger partial charge in [0.15, 0.2) is 0 Å². The fourth-order valence-corrected chi connectivity index (χ4v) is 0.118. The van der Waals surface area contributed by atoms with Crippen LogP contribution in [0.5, 0.6) is 0 Å². The van der Waals surface area contributed by atoms with Crippen LogP contribution < -0.4 is 17.6 Å². The van der Waals surface area contributed by atoms with Crippen molar-refractivity contribution in [2.45, 2.75) is 6.42 Å². The van der Waals surface area contributed by atoms with E-state index in [4.69, 9.17) is 11.5 Å². The number of hydrogen-bond acceptors (Lipinski definition) is 3. The molecule has 0 saturated carbocycles. The zero-order valence-corrected chi connectivity index (χ0v) is 7.71. The second-order valence-corrected chi connectivity index (χ2v) is 0.931. The van der Waals surface area contributed by atoms with Gasteiger partial charge in [0.2, 0.25) is 0 Å². The summed E-state index contributed by atoms with van der Waals surface area (Å²) in [5, 5.41) is 0. The van der Waals surface area contributed by atoms with E-state index in [1.54, 1.807) is 18.8 Å². The first-order chi connectivity index (χ1) is 3.41. The summed E-state index contributed by atoms with van der Waals surface area (Å²) >= 11 is 1.61. The van der Waals surface area contributed by atoms with Gasteiger partial charge in [0.05, 0.1) is 0 Å². The van der Waals surface area contributed by atoms with Gasteiger partial charge >= 0.3 is 28.2 Å². The number of hydrogen-bond donors (Lipinski definition) is 3. The molecule has 0 saturated heterocycles. The van der Waals surface area contributed by atoms with E-state index in [1.165, 1.54) is 0 Å². The zero-order valence-electron chi connectivity index (χ0n) is 4.68. The van der Waals surface area contributed by atoms with Crippen molar-refractivity contribution in [3.05, 3.63) is 0 Å². The van der Waals surface area contributed by atoms with Crippen molar-refractivity contribution in [3.8, 4) is 0 Å². The minimum atomic E-state index is 0. The average Bonchev–Trinajstić information content (AvgIpc) is 1.75. The fraction of sp³-hybridized carbons (Fsp3) is 1.00. The van der Waals surface area contributed by atoms with E-state index in [-0.39, 0.29) is 6.15 Å². The Hall–Kier alpha value is 0.858. The van der Waals surface area contributed by atoms with Crippen LogP contribution in [0.25, 0.3) is 0 Å². The van der Waals surface area contributed by atoms with Crippen LogP contribution in [-0.2, 0) is 18.8 Å². The van der Waals surface area contributed by atoms with Crippen LogP contribution >= 0.6 is 9.42 Å². The van der Waals surface area contributed by atoms with Crippen LogP contribution in [0.15, 0.2) is 0 Å². The van der Waals surface area contributed by atoms with Gasteiger partial charge in [-0.15, -0.1) is 0 Å². The molecule has 0 aliphatic rings. The summed E-state index contributed by atoms with van der Waals surface area (Å²) < 4.78 is 0. The van der Waals surface area contributed by atoms with Gasteiger partial charge in [-0.3, -0.25) is 0 Å². The van der Waals surface area contributed by atoms with Crippen molar-refractivity contribution in [2.24, 2.45) is 11.5 Å². The summed E-state index contributed by atoms with van der Waals surface area (Å²) in [6.07, 6.45) is 0.944. The van der Waals surface area contributed by atoms with Gasteiger partial charge in [-0.2, -0.15) is 0 Å². The van der Waals surface area contributed by atoms with Crippen molar-refractivity contribution < 1.29 is 18.8 Å². The van der Waals surface area contributed by atoms with Crippen LogP contribution in [0.2, 0.25) is 0 Å². The molecule has 0 unspecified atom stereocenters. The summed E-state index contributed by atoms with van der Waals surface area (Å²) in [6, 6.07) is 0. The van der Waals surface area contributed by atoms with Gasteiger partial charge in [0, 0.05) is 0 Å². The Morgan fingerprint density at radius 2 is 1.38 bits per heavy atom. The molecule has 7 N–H and O–H groups in total. The fourth-order valence-electron chi connectivity index (χ4n) is 0.118. The Balaban J connectivity index is -0.0000000750. The van der Waals surface area contributed by atoms with Crippen LogP contribution in [0.3, 0.4) is 0 Å². The van der Waals surface area contributed by atoms with Crippen molar-refractivity contribution >= 4 is 9.42 Å². The molecule has 0 aliphatic carbocycles. The van der Waals surface area contributed by atoms with E-state index < -0.39 is 0 Å². The van der Waals surface area contributed by atoms with Crippen LogP contribution in [-0.4, -0.2) is 13.1 Å². The van der Waals surface area contributed by atoms with E-state index in [0.29, 0.717) is 0 Å². The third kappa shape index (κ3) is 28.8. The molecule has 5 heteroatoms. The molecule has 0 spiro atoms. The van der Waals surface area contributed by atoms with Gasteiger partial charge < -0.3 is 17.6 Å². The van der Waals surface area contributed by atoms with Crippen molar-refractivity contribution in [1.29, 1.82) is 0 Å². The van der Waals surface area contributed by atoms with E-state index in [0.717, 1.165) is 19.5 Å². The number of nitrogens with two attached hydrogens (primary N) is 2. The topological polar surface area (TPSA) is 87.0 Å². The van der Waals surface area contributed by atoms with E-state index >= 15 is 0 Å². The molecule has 0 aliphatic heterocycles. The molecule has 8 heavy (non-hydrogen) atoms. The predicted octanol–water partition coefficient (Wildman–Crippen LogP) is 0.143. The molecule has 56 valence electrons. The molecule has 0 atom stereocenters. The Labute approximate surface area is 65.5 Å². The third-order valence-electron chi connectivity index (χ3n) is 0.408. The molecule has 0 heterocycles. The van der Waals surface area contributed by atoms with Crippen LogP contribution in [0.4, 0.5) is 0 Å². The van der Waals surface area contributed by atoms with Crippen molar-refractivity contribution in [2.75, 3.05) is 13.1 Å². The maximum atomic E-state index is 5.06. The summed E-state index contributed by atoms with van der Waals surface area (Å²) in [7, 11) is 4.61. The summed E-state index contributed by atoms with van der Waals surface area (Å²) in [5.41, 5.74) is 10.1. The first-order valence-electron chi connectivity index (χ1n) is 1.94. The maximum absolute atomic E-state index is 5.06. The standard InChI is InChI=1S/C3H10N2.ClH.H3N.Pt/c4-2-1-3-5;;;/h1-5H2;1H;1H3;/q;;;+2/p-1. The molecule has 0 aromatic heterocycles. The normalized spacial score (nSPS) is 6.12. The predicted molar refractivity (Wildman–Crippen MR) is 33.6 cm³/mol. The Morgan fingerprint density at radius 3 is 1.38 bits per heavy atom. The molecule has 0 aromatic rings. The van der Waals surface area contributed by atoms with Gasteiger partial charge in [-0.1, -0.05) is 0 Å². The minimum absolute atomic E-state index is 0. The van der Waals surface area contributed by atoms with E-state index in [1.807, 2.05) is 0 Å². The summed E-state index contributed by atoms with van der Waals surface area (Å²) in [5.74, 6) is 0. The Morgan fingerprint density at radius 1 is 1.12 bits per heavy atom. The Bertz CT molecular complexity index is 22.0. The molecular formula is C3H13ClN3Pt+. The van der Waals surface area contributed by atoms with Gasteiger partial charge in [0.25, 0.3) is 0 Å². The molecule has 0 fully saturated rings. The Kier molecular flexibility index (Phi) is 49.5.